The number of imidazole rings is 1. The van der Waals surface area contributed by atoms with E-state index in [-0.39, 0.29) is 19.5 Å². The van der Waals surface area contributed by atoms with Gasteiger partial charge in [-0.25, -0.2) is 4.98 Å². The van der Waals surface area contributed by atoms with Crippen LogP contribution in [-0.2, 0) is 26.0 Å². The standard InChI is InChI=1S/C23H19N7.2C10H8N2.Ru/c24-29-27-14-4-5-15-30-22-18-11-7-13-26-20(18)19-17(10-6-12-25-19)21(22)28-23(30)16-8-2-1-3-9-16;2*1-3-7-11-9(5-1)10-6-2-4-8-12-10;/h1-3,6-13H,4-5,14-15H2;2*1-8H;. The third-order valence-corrected chi connectivity index (χ3v) is 8.49. The molecule has 0 saturated carbocycles. The number of hydrogen-bond acceptors (Lipinski definition) is 8. The van der Waals surface area contributed by atoms with E-state index in [0.29, 0.717) is 6.54 Å². The summed E-state index contributed by atoms with van der Waals surface area (Å²) in [5.74, 6) is 0.927. The predicted molar refractivity (Wildman–Crippen MR) is 214 cm³/mol. The van der Waals surface area contributed by atoms with Gasteiger partial charge in [0.2, 0.25) is 0 Å². The molecule has 11 nitrogen and oxygen atoms in total. The molecule has 0 N–H and O–H groups in total. The van der Waals surface area contributed by atoms with Gasteiger partial charge in [-0.05, 0) is 91.2 Å². The molecule has 0 bridgehead atoms. The van der Waals surface area contributed by atoms with E-state index in [9.17, 15) is 0 Å². The third kappa shape index (κ3) is 9.26. The Morgan fingerprint density at radius 3 is 1.45 bits per heavy atom. The summed E-state index contributed by atoms with van der Waals surface area (Å²) in [6.45, 7) is 1.27. The fraction of sp³-hybridized carbons (Fsp3) is 0.0930. The topological polar surface area (TPSA) is 144 Å². The largest absolute Gasteiger partial charge is 0.323 e. The van der Waals surface area contributed by atoms with E-state index in [1.165, 1.54) is 0 Å². The second-order valence-electron chi connectivity index (χ2n) is 12.0. The normalized spacial score (nSPS) is 10.3. The first-order valence-electron chi connectivity index (χ1n) is 17.5. The van der Waals surface area contributed by atoms with Crippen LogP contribution in [0.4, 0.5) is 0 Å². The van der Waals surface area contributed by atoms with Gasteiger partial charge >= 0.3 is 0 Å². The zero-order chi connectivity index (χ0) is 36.8. The maximum atomic E-state index is 8.53. The molecule has 55 heavy (non-hydrogen) atoms. The van der Waals surface area contributed by atoms with Gasteiger partial charge in [0.15, 0.2) is 0 Å². The van der Waals surface area contributed by atoms with Gasteiger partial charge in [0.05, 0.1) is 44.8 Å². The van der Waals surface area contributed by atoms with Crippen LogP contribution in [0.5, 0.6) is 0 Å². The maximum absolute atomic E-state index is 8.53. The van der Waals surface area contributed by atoms with E-state index in [1.54, 1.807) is 37.2 Å². The van der Waals surface area contributed by atoms with Gasteiger partial charge in [0.25, 0.3) is 0 Å². The molecule has 0 aliphatic heterocycles. The average Bonchev–Trinajstić information content (AvgIpc) is 3.66. The summed E-state index contributed by atoms with van der Waals surface area (Å²) in [7, 11) is 0. The average molecular weight is 807 g/mol. The second-order valence-corrected chi connectivity index (χ2v) is 12.0. The van der Waals surface area contributed by atoms with E-state index >= 15 is 0 Å². The molecule has 0 radical (unpaired) electrons. The molecule has 2 aromatic carbocycles. The molecule has 0 aliphatic carbocycles. The summed E-state index contributed by atoms with van der Waals surface area (Å²) in [4.78, 5) is 33.9. The molecule has 0 saturated heterocycles. The molecule has 0 fully saturated rings. The van der Waals surface area contributed by atoms with Gasteiger partial charge in [0, 0.05) is 91.0 Å². The van der Waals surface area contributed by atoms with Crippen LogP contribution < -0.4 is 0 Å². The molecule has 0 amide bonds. The second kappa shape index (κ2) is 19.4. The van der Waals surface area contributed by atoms with Crippen molar-refractivity contribution in [3.8, 4) is 34.2 Å². The minimum atomic E-state index is 0. The van der Waals surface area contributed by atoms with Gasteiger partial charge in [-0.1, -0.05) is 59.7 Å². The van der Waals surface area contributed by atoms with Crippen molar-refractivity contribution in [1.82, 2.24) is 39.5 Å². The molecule has 270 valence electrons. The van der Waals surface area contributed by atoms with Crippen molar-refractivity contribution in [3.63, 3.8) is 0 Å². The Bertz CT molecular complexity index is 2450. The minimum absolute atomic E-state index is 0. The van der Waals surface area contributed by atoms with Crippen LogP contribution in [0.1, 0.15) is 12.8 Å². The Hall–Kier alpha value is -6.74. The Morgan fingerprint density at radius 2 is 0.964 bits per heavy atom. The van der Waals surface area contributed by atoms with Crippen LogP contribution in [0.2, 0.25) is 0 Å². The molecule has 0 atom stereocenters. The van der Waals surface area contributed by atoms with Gasteiger partial charge in [-0.3, -0.25) is 29.9 Å². The molecule has 12 heteroatoms. The molecule has 9 rings (SSSR count). The van der Waals surface area contributed by atoms with Crippen LogP contribution >= 0.6 is 0 Å². The van der Waals surface area contributed by atoms with Crippen LogP contribution in [0, 0.1) is 0 Å². The van der Waals surface area contributed by atoms with Crippen molar-refractivity contribution in [2.24, 2.45) is 5.11 Å². The number of fused-ring (bicyclic) bond motifs is 6. The molecular formula is C43H35N11Ru. The molecule has 0 aliphatic rings. The summed E-state index contributed by atoms with van der Waals surface area (Å²) < 4.78 is 2.28. The molecular weight excluding hydrogens is 772 g/mol. The van der Waals surface area contributed by atoms with E-state index in [2.05, 4.69) is 68.8 Å². The first-order valence-corrected chi connectivity index (χ1v) is 17.5. The number of unbranched alkanes of at least 4 members (excludes halogenated alkanes) is 1. The van der Waals surface area contributed by atoms with Gasteiger partial charge in [0.1, 0.15) is 5.82 Å². The number of rotatable bonds is 8. The fourth-order valence-corrected chi connectivity index (χ4v) is 6.06. The van der Waals surface area contributed by atoms with Crippen molar-refractivity contribution >= 4 is 32.8 Å². The predicted octanol–water partition coefficient (Wildman–Crippen LogP) is 10.2. The molecule has 9 aromatic rings. The zero-order valence-corrected chi connectivity index (χ0v) is 31.4. The zero-order valence-electron chi connectivity index (χ0n) is 29.7. The van der Waals surface area contributed by atoms with Crippen molar-refractivity contribution in [2.45, 2.75) is 19.4 Å². The summed E-state index contributed by atoms with van der Waals surface area (Å²) in [5.41, 5.74) is 17.0. The van der Waals surface area contributed by atoms with Crippen LogP contribution in [0.3, 0.4) is 0 Å². The Kier molecular flexibility index (Phi) is 13.4. The van der Waals surface area contributed by atoms with Crippen LogP contribution in [0.25, 0.3) is 77.4 Å². The number of aromatic nitrogens is 8. The number of azide groups is 1. The summed E-state index contributed by atoms with van der Waals surface area (Å²) in [6, 6.07) is 41.5. The number of benzene rings is 2. The Morgan fingerprint density at radius 1 is 0.491 bits per heavy atom. The number of aryl methyl sites for hydroxylation is 1. The smallest absolute Gasteiger partial charge is 0.141 e. The molecule has 7 heterocycles. The van der Waals surface area contributed by atoms with E-state index in [4.69, 9.17) is 10.5 Å². The monoisotopic (exact) mass is 807 g/mol. The number of hydrogen-bond donors (Lipinski definition) is 0. The van der Waals surface area contributed by atoms with Gasteiger partial charge in [-0.15, -0.1) is 0 Å². The van der Waals surface area contributed by atoms with Gasteiger partial charge < -0.3 is 4.57 Å². The van der Waals surface area contributed by atoms with Crippen LogP contribution in [0.15, 0.2) is 170 Å². The van der Waals surface area contributed by atoms with E-state index in [0.717, 1.165) is 86.4 Å². The number of nitrogens with zero attached hydrogens (tertiary/aromatic N) is 11. The summed E-state index contributed by atoms with van der Waals surface area (Å²) in [5, 5.41) is 5.71. The first kappa shape index (κ1) is 38.0. The van der Waals surface area contributed by atoms with Crippen molar-refractivity contribution in [3.05, 3.63) is 175 Å². The Labute approximate surface area is 330 Å². The molecule has 0 spiro atoms. The minimum Gasteiger partial charge on any atom is -0.323 e. The van der Waals surface area contributed by atoms with E-state index in [1.807, 2.05) is 103 Å². The number of pyridine rings is 6. The van der Waals surface area contributed by atoms with E-state index < -0.39 is 0 Å². The third-order valence-electron chi connectivity index (χ3n) is 8.49. The Balaban J connectivity index is 0.000000168. The summed E-state index contributed by atoms with van der Waals surface area (Å²) >= 11 is 0. The van der Waals surface area contributed by atoms with Crippen LogP contribution in [-0.4, -0.2) is 46.0 Å². The maximum Gasteiger partial charge on any atom is 0.141 e. The quantitative estimate of drug-likeness (QED) is 0.0371. The first-order chi connectivity index (χ1) is 26.8. The fourth-order valence-electron chi connectivity index (χ4n) is 6.06. The van der Waals surface area contributed by atoms with Crippen molar-refractivity contribution < 1.29 is 19.5 Å². The molecule has 0 unspecified atom stereocenters. The van der Waals surface area contributed by atoms with Crippen molar-refractivity contribution in [1.29, 1.82) is 0 Å². The SMILES string of the molecule is [N-]=[N+]=NCCCCn1c(-c2ccccc2)nc2c3cccnc3c3ncccc3c21.[Ru].c1ccc(-c2ccccn2)nc1.c1ccc(-c2ccccn2)nc1. The summed E-state index contributed by atoms with van der Waals surface area (Å²) in [6.07, 6.45) is 12.4. The molecule has 7 aromatic heterocycles. The van der Waals surface area contributed by atoms with Crippen molar-refractivity contribution in [2.75, 3.05) is 6.54 Å². The van der Waals surface area contributed by atoms with Gasteiger partial charge in [-0.2, -0.15) is 0 Å².